The van der Waals surface area contributed by atoms with Gasteiger partial charge >= 0.3 is 6.03 Å². The number of aromatic nitrogens is 3. The Hall–Kier alpha value is -4.07. The standard InChI is InChI=1S/C19H16N6O2/c20-18(26)17-16(23-19(21)27)10-25(24-17)13-7-5-11(6-8-13)15-9-12-3-1-2-4-14(12)22-15/h1-10,22H,(H2,20,26)(H3,21,23,27). The Morgan fingerprint density at radius 3 is 2.44 bits per heavy atom. The predicted molar refractivity (Wildman–Crippen MR) is 103 cm³/mol. The smallest absolute Gasteiger partial charge is 0.316 e. The van der Waals surface area contributed by atoms with Gasteiger partial charge in [-0.3, -0.25) is 4.79 Å². The molecule has 0 spiro atoms. The van der Waals surface area contributed by atoms with Gasteiger partial charge in [0.1, 0.15) is 0 Å². The van der Waals surface area contributed by atoms with Gasteiger partial charge in [-0.05, 0) is 29.8 Å². The number of aromatic amines is 1. The van der Waals surface area contributed by atoms with E-state index in [1.54, 1.807) is 0 Å². The van der Waals surface area contributed by atoms with Crippen LogP contribution in [0.1, 0.15) is 10.5 Å². The highest BCUT2D eigenvalue weighted by Gasteiger charge is 2.16. The van der Waals surface area contributed by atoms with E-state index in [9.17, 15) is 9.59 Å². The largest absolute Gasteiger partial charge is 0.364 e. The van der Waals surface area contributed by atoms with E-state index in [2.05, 4.69) is 21.5 Å². The Morgan fingerprint density at radius 1 is 1.04 bits per heavy atom. The SMILES string of the molecule is NC(=O)Nc1cn(-c2ccc(-c3cc4ccccc4[nH]3)cc2)nc1C(N)=O. The summed E-state index contributed by atoms with van der Waals surface area (Å²) in [5.74, 6) is -0.757. The van der Waals surface area contributed by atoms with Crippen LogP contribution in [0.4, 0.5) is 10.5 Å². The number of hydrogen-bond donors (Lipinski definition) is 4. The van der Waals surface area contributed by atoms with Crippen LogP contribution < -0.4 is 16.8 Å². The first-order chi connectivity index (χ1) is 13.0. The van der Waals surface area contributed by atoms with Crippen LogP contribution in [-0.2, 0) is 0 Å². The summed E-state index contributed by atoms with van der Waals surface area (Å²) in [6, 6.07) is 16.9. The average Bonchev–Trinajstić information content (AvgIpc) is 3.25. The average molecular weight is 360 g/mol. The lowest BCUT2D eigenvalue weighted by Crippen LogP contribution is -2.22. The molecule has 8 heteroatoms. The van der Waals surface area contributed by atoms with E-state index >= 15 is 0 Å². The number of carbonyl (C=O) groups is 2. The molecule has 0 aliphatic rings. The summed E-state index contributed by atoms with van der Waals surface area (Å²) in [7, 11) is 0. The van der Waals surface area contributed by atoms with Gasteiger partial charge in [-0.15, -0.1) is 0 Å². The number of anilines is 1. The number of primary amides is 2. The minimum Gasteiger partial charge on any atom is -0.364 e. The lowest BCUT2D eigenvalue weighted by atomic mass is 10.1. The highest BCUT2D eigenvalue weighted by atomic mass is 16.2. The summed E-state index contributed by atoms with van der Waals surface area (Å²) < 4.78 is 1.46. The molecule has 2 aromatic carbocycles. The number of para-hydroxylation sites is 1. The normalized spacial score (nSPS) is 10.8. The van der Waals surface area contributed by atoms with Gasteiger partial charge in [0.2, 0.25) is 0 Å². The quantitative estimate of drug-likeness (QED) is 0.446. The van der Waals surface area contributed by atoms with Gasteiger partial charge in [-0.2, -0.15) is 5.10 Å². The topological polar surface area (TPSA) is 132 Å². The van der Waals surface area contributed by atoms with Gasteiger partial charge in [0, 0.05) is 16.6 Å². The van der Waals surface area contributed by atoms with E-state index in [0.29, 0.717) is 5.69 Å². The highest BCUT2D eigenvalue weighted by molar-refractivity contribution is 6.00. The number of rotatable bonds is 4. The number of carbonyl (C=O) groups excluding carboxylic acids is 2. The Labute approximate surface area is 153 Å². The Bertz CT molecular complexity index is 1120. The van der Waals surface area contributed by atoms with E-state index in [0.717, 1.165) is 22.2 Å². The van der Waals surface area contributed by atoms with E-state index in [1.807, 2.05) is 48.5 Å². The maximum Gasteiger partial charge on any atom is 0.316 e. The fourth-order valence-corrected chi connectivity index (χ4v) is 2.93. The van der Waals surface area contributed by atoms with Gasteiger partial charge in [-0.25, -0.2) is 9.48 Å². The molecule has 4 rings (SSSR count). The maximum absolute atomic E-state index is 11.5. The van der Waals surface area contributed by atoms with Crippen molar-refractivity contribution in [2.24, 2.45) is 11.5 Å². The zero-order chi connectivity index (χ0) is 19.0. The zero-order valence-electron chi connectivity index (χ0n) is 14.1. The van der Waals surface area contributed by atoms with Crippen molar-refractivity contribution in [1.82, 2.24) is 14.8 Å². The minimum absolute atomic E-state index is 0.0616. The summed E-state index contributed by atoms with van der Waals surface area (Å²) in [6.45, 7) is 0. The second-order valence-electron chi connectivity index (χ2n) is 6.01. The maximum atomic E-state index is 11.5. The third-order valence-corrected chi connectivity index (χ3v) is 4.18. The van der Waals surface area contributed by atoms with Gasteiger partial charge in [0.15, 0.2) is 5.69 Å². The van der Waals surface area contributed by atoms with Gasteiger partial charge in [-0.1, -0.05) is 30.3 Å². The monoisotopic (exact) mass is 360 g/mol. The molecular formula is C19H16N6O2. The van der Waals surface area contributed by atoms with Crippen molar-refractivity contribution in [3.8, 4) is 16.9 Å². The molecule has 8 nitrogen and oxygen atoms in total. The van der Waals surface area contributed by atoms with Crippen molar-refractivity contribution in [3.05, 3.63) is 66.5 Å². The molecule has 0 atom stereocenters. The van der Waals surface area contributed by atoms with Crippen LogP contribution in [-0.4, -0.2) is 26.7 Å². The molecular weight excluding hydrogens is 344 g/mol. The van der Waals surface area contributed by atoms with Crippen LogP contribution in [0.2, 0.25) is 0 Å². The van der Waals surface area contributed by atoms with Crippen LogP contribution >= 0.6 is 0 Å². The molecule has 0 saturated carbocycles. The van der Waals surface area contributed by atoms with Crippen molar-refractivity contribution in [3.63, 3.8) is 0 Å². The predicted octanol–water partition coefficient (Wildman–Crippen LogP) is 2.61. The molecule has 6 N–H and O–H groups in total. The number of hydrogen-bond acceptors (Lipinski definition) is 3. The summed E-state index contributed by atoms with van der Waals surface area (Å²) >= 11 is 0. The van der Waals surface area contributed by atoms with Gasteiger partial charge in [0.25, 0.3) is 5.91 Å². The molecule has 4 aromatic rings. The number of fused-ring (bicyclic) bond motifs is 1. The number of amides is 3. The van der Waals surface area contributed by atoms with Crippen LogP contribution in [0.25, 0.3) is 27.8 Å². The fourth-order valence-electron chi connectivity index (χ4n) is 2.93. The first-order valence-corrected chi connectivity index (χ1v) is 8.16. The Morgan fingerprint density at radius 2 is 1.78 bits per heavy atom. The first-order valence-electron chi connectivity index (χ1n) is 8.16. The molecule has 0 saturated heterocycles. The third-order valence-electron chi connectivity index (χ3n) is 4.18. The summed E-state index contributed by atoms with van der Waals surface area (Å²) in [5.41, 5.74) is 14.3. The molecule has 27 heavy (non-hydrogen) atoms. The number of nitrogens with two attached hydrogens (primary N) is 2. The number of nitrogens with zero attached hydrogens (tertiary/aromatic N) is 2. The second kappa shape index (κ2) is 6.34. The van der Waals surface area contributed by atoms with Crippen LogP contribution in [0.5, 0.6) is 0 Å². The van der Waals surface area contributed by atoms with Crippen LogP contribution in [0.15, 0.2) is 60.8 Å². The summed E-state index contributed by atoms with van der Waals surface area (Å²) in [4.78, 5) is 26.0. The lowest BCUT2D eigenvalue weighted by Gasteiger charge is -2.03. The van der Waals surface area contributed by atoms with Crippen molar-refractivity contribution in [2.75, 3.05) is 5.32 Å². The Kier molecular flexibility index (Phi) is 3.85. The van der Waals surface area contributed by atoms with Crippen LogP contribution in [0.3, 0.4) is 0 Å². The van der Waals surface area contributed by atoms with Crippen molar-refractivity contribution in [1.29, 1.82) is 0 Å². The molecule has 0 fully saturated rings. The highest BCUT2D eigenvalue weighted by Crippen LogP contribution is 2.25. The lowest BCUT2D eigenvalue weighted by molar-refractivity contribution is 0.0996. The Balaban J connectivity index is 1.67. The fraction of sp³-hybridized carbons (Fsp3) is 0. The summed E-state index contributed by atoms with van der Waals surface area (Å²) in [6.07, 6.45) is 1.49. The first kappa shape index (κ1) is 16.4. The van der Waals surface area contributed by atoms with Crippen LogP contribution in [0, 0.1) is 0 Å². The molecule has 2 heterocycles. The minimum atomic E-state index is -0.800. The third kappa shape index (κ3) is 3.11. The van der Waals surface area contributed by atoms with E-state index in [-0.39, 0.29) is 11.4 Å². The van der Waals surface area contributed by atoms with Crippen molar-refractivity contribution < 1.29 is 9.59 Å². The second-order valence-corrected chi connectivity index (χ2v) is 6.01. The molecule has 2 aromatic heterocycles. The van der Waals surface area contributed by atoms with Gasteiger partial charge in [0.05, 0.1) is 17.6 Å². The molecule has 0 aliphatic carbocycles. The van der Waals surface area contributed by atoms with E-state index in [1.165, 1.54) is 10.9 Å². The molecule has 134 valence electrons. The van der Waals surface area contributed by atoms with Crippen molar-refractivity contribution >= 4 is 28.5 Å². The number of nitrogens with one attached hydrogen (secondary N) is 2. The van der Waals surface area contributed by atoms with Gasteiger partial charge < -0.3 is 21.8 Å². The number of H-pyrrole nitrogens is 1. The van der Waals surface area contributed by atoms with E-state index in [4.69, 9.17) is 11.5 Å². The molecule has 0 radical (unpaired) electrons. The molecule has 3 amide bonds. The summed E-state index contributed by atoms with van der Waals surface area (Å²) in [5, 5.41) is 7.62. The molecule has 0 aliphatic heterocycles. The number of urea groups is 1. The van der Waals surface area contributed by atoms with E-state index < -0.39 is 11.9 Å². The number of benzene rings is 2. The molecule has 0 bridgehead atoms. The zero-order valence-corrected chi connectivity index (χ0v) is 14.1. The molecule has 0 unspecified atom stereocenters. The van der Waals surface area contributed by atoms with Crippen molar-refractivity contribution in [2.45, 2.75) is 0 Å².